The average Bonchev–Trinajstić information content (AvgIpc) is 2.84. The maximum Gasteiger partial charge on any atom is 0.255 e. The van der Waals surface area contributed by atoms with Crippen molar-refractivity contribution in [2.24, 2.45) is 0 Å². The SMILES string of the molecule is O=C(CCc1ccccc1)Nc1cccc(NC(=O)c2ccc(-c3ccccc3)cc2)c1. The molecule has 4 aromatic rings. The monoisotopic (exact) mass is 420 g/mol. The van der Waals surface area contributed by atoms with Crippen molar-refractivity contribution in [1.29, 1.82) is 0 Å². The molecule has 2 amide bonds. The van der Waals surface area contributed by atoms with Crippen molar-refractivity contribution in [1.82, 2.24) is 0 Å². The van der Waals surface area contributed by atoms with Gasteiger partial charge in [-0.15, -0.1) is 0 Å². The number of nitrogens with one attached hydrogen (secondary N) is 2. The molecule has 32 heavy (non-hydrogen) atoms. The Hall–Kier alpha value is -4.18. The molecule has 4 nitrogen and oxygen atoms in total. The van der Waals surface area contributed by atoms with E-state index < -0.39 is 0 Å². The van der Waals surface area contributed by atoms with Crippen LogP contribution in [0.25, 0.3) is 11.1 Å². The van der Waals surface area contributed by atoms with Gasteiger partial charge in [0, 0.05) is 23.4 Å². The predicted molar refractivity (Wildman–Crippen MR) is 130 cm³/mol. The van der Waals surface area contributed by atoms with Gasteiger partial charge in [-0.1, -0.05) is 78.9 Å². The zero-order valence-corrected chi connectivity index (χ0v) is 17.6. The molecule has 4 aromatic carbocycles. The van der Waals surface area contributed by atoms with Gasteiger partial charge in [-0.05, 0) is 53.4 Å². The normalized spacial score (nSPS) is 10.4. The fourth-order valence-electron chi connectivity index (χ4n) is 3.45. The van der Waals surface area contributed by atoms with Crippen LogP contribution in [0.3, 0.4) is 0 Å². The summed E-state index contributed by atoms with van der Waals surface area (Å²) in [7, 11) is 0. The van der Waals surface area contributed by atoms with Crippen molar-refractivity contribution < 1.29 is 9.59 Å². The summed E-state index contributed by atoms with van der Waals surface area (Å²) < 4.78 is 0. The first kappa shape index (κ1) is 21.1. The molecule has 0 fully saturated rings. The summed E-state index contributed by atoms with van der Waals surface area (Å²) in [4.78, 5) is 24.9. The van der Waals surface area contributed by atoms with E-state index in [1.807, 2.05) is 91.0 Å². The Morgan fingerprint density at radius 2 is 1.19 bits per heavy atom. The van der Waals surface area contributed by atoms with Crippen LogP contribution >= 0.6 is 0 Å². The van der Waals surface area contributed by atoms with Gasteiger partial charge < -0.3 is 10.6 Å². The Bertz CT molecular complexity index is 1190. The molecule has 0 heterocycles. The molecule has 158 valence electrons. The molecule has 4 rings (SSSR count). The highest BCUT2D eigenvalue weighted by Crippen LogP contribution is 2.21. The van der Waals surface area contributed by atoms with Gasteiger partial charge in [-0.25, -0.2) is 0 Å². The summed E-state index contributed by atoms with van der Waals surface area (Å²) in [5.74, 6) is -0.258. The fraction of sp³-hybridized carbons (Fsp3) is 0.0714. The molecular weight excluding hydrogens is 396 g/mol. The van der Waals surface area contributed by atoms with Gasteiger partial charge in [0.15, 0.2) is 0 Å². The number of aryl methyl sites for hydroxylation is 1. The first-order chi connectivity index (χ1) is 15.7. The van der Waals surface area contributed by atoms with Crippen molar-refractivity contribution in [3.63, 3.8) is 0 Å². The van der Waals surface area contributed by atoms with Gasteiger partial charge in [-0.2, -0.15) is 0 Å². The topological polar surface area (TPSA) is 58.2 Å². The summed E-state index contributed by atoms with van der Waals surface area (Å²) in [6, 6.07) is 34.6. The second kappa shape index (κ2) is 10.2. The highest BCUT2D eigenvalue weighted by molar-refractivity contribution is 6.05. The lowest BCUT2D eigenvalue weighted by Crippen LogP contribution is -2.14. The van der Waals surface area contributed by atoms with Crippen LogP contribution in [0, 0.1) is 0 Å². The third kappa shape index (κ3) is 5.70. The Kier molecular flexibility index (Phi) is 6.73. The molecule has 0 saturated carbocycles. The van der Waals surface area contributed by atoms with E-state index in [1.54, 1.807) is 18.2 Å². The molecule has 0 aromatic heterocycles. The number of anilines is 2. The van der Waals surface area contributed by atoms with Gasteiger partial charge in [0.05, 0.1) is 0 Å². The lowest BCUT2D eigenvalue weighted by atomic mass is 10.0. The maximum atomic E-state index is 12.7. The van der Waals surface area contributed by atoms with E-state index in [2.05, 4.69) is 10.6 Å². The van der Waals surface area contributed by atoms with Crippen LogP contribution in [-0.2, 0) is 11.2 Å². The highest BCUT2D eigenvalue weighted by atomic mass is 16.2. The minimum Gasteiger partial charge on any atom is -0.326 e. The van der Waals surface area contributed by atoms with Crippen LogP contribution in [0.1, 0.15) is 22.3 Å². The van der Waals surface area contributed by atoms with E-state index in [1.165, 1.54) is 0 Å². The summed E-state index contributed by atoms with van der Waals surface area (Å²) in [6.45, 7) is 0. The molecule has 0 bridgehead atoms. The van der Waals surface area contributed by atoms with Crippen molar-refractivity contribution >= 4 is 23.2 Å². The zero-order valence-electron chi connectivity index (χ0n) is 17.6. The highest BCUT2D eigenvalue weighted by Gasteiger charge is 2.08. The summed E-state index contributed by atoms with van der Waals surface area (Å²) >= 11 is 0. The van der Waals surface area contributed by atoms with E-state index in [-0.39, 0.29) is 11.8 Å². The maximum absolute atomic E-state index is 12.7. The van der Waals surface area contributed by atoms with Gasteiger partial charge >= 0.3 is 0 Å². The van der Waals surface area contributed by atoms with Crippen LogP contribution in [0.2, 0.25) is 0 Å². The van der Waals surface area contributed by atoms with E-state index in [9.17, 15) is 9.59 Å². The molecule has 4 heteroatoms. The molecule has 0 atom stereocenters. The van der Waals surface area contributed by atoms with E-state index in [4.69, 9.17) is 0 Å². The molecule has 0 aliphatic carbocycles. The number of carbonyl (C=O) groups excluding carboxylic acids is 2. The van der Waals surface area contributed by atoms with Crippen LogP contribution in [-0.4, -0.2) is 11.8 Å². The van der Waals surface area contributed by atoms with Gasteiger partial charge in [-0.3, -0.25) is 9.59 Å². The van der Waals surface area contributed by atoms with Crippen molar-refractivity contribution in [3.05, 3.63) is 120 Å². The Labute approximate surface area is 187 Å². The summed E-state index contributed by atoms with van der Waals surface area (Å²) in [5, 5.41) is 5.80. The van der Waals surface area contributed by atoms with Gasteiger partial charge in [0.1, 0.15) is 0 Å². The number of hydrogen-bond donors (Lipinski definition) is 2. The fourth-order valence-corrected chi connectivity index (χ4v) is 3.45. The van der Waals surface area contributed by atoms with Crippen molar-refractivity contribution in [3.8, 4) is 11.1 Å². The van der Waals surface area contributed by atoms with Gasteiger partial charge in [0.2, 0.25) is 5.91 Å². The quantitative estimate of drug-likeness (QED) is 0.375. The molecule has 0 saturated heterocycles. The van der Waals surface area contributed by atoms with E-state index in [0.29, 0.717) is 29.8 Å². The van der Waals surface area contributed by atoms with Gasteiger partial charge in [0.25, 0.3) is 5.91 Å². The number of amides is 2. The van der Waals surface area contributed by atoms with E-state index in [0.717, 1.165) is 16.7 Å². The predicted octanol–water partition coefficient (Wildman–Crippen LogP) is 6.18. The lowest BCUT2D eigenvalue weighted by molar-refractivity contribution is -0.116. The van der Waals surface area contributed by atoms with Crippen LogP contribution < -0.4 is 10.6 Å². The van der Waals surface area contributed by atoms with Crippen LogP contribution in [0.5, 0.6) is 0 Å². The Balaban J connectivity index is 1.35. The number of hydrogen-bond acceptors (Lipinski definition) is 2. The summed E-state index contributed by atoms with van der Waals surface area (Å²) in [5.41, 5.74) is 5.14. The van der Waals surface area contributed by atoms with Crippen LogP contribution in [0.15, 0.2) is 109 Å². The molecule has 2 N–H and O–H groups in total. The largest absolute Gasteiger partial charge is 0.326 e. The molecule has 0 spiro atoms. The lowest BCUT2D eigenvalue weighted by Gasteiger charge is -2.10. The summed E-state index contributed by atoms with van der Waals surface area (Å²) in [6.07, 6.45) is 1.08. The number of rotatable bonds is 7. The van der Waals surface area contributed by atoms with E-state index >= 15 is 0 Å². The van der Waals surface area contributed by atoms with Crippen molar-refractivity contribution in [2.75, 3.05) is 10.6 Å². The Morgan fingerprint density at radius 3 is 1.88 bits per heavy atom. The molecule has 0 radical (unpaired) electrons. The van der Waals surface area contributed by atoms with Crippen LogP contribution in [0.4, 0.5) is 11.4 Å². The van der Waals surface area contributed by atoms with Crippen molar-refractivity contribution in [2.45, 2.75) is 12.8 Å². The minimum absolute atomic E-state index is 0.0613. The number of benzene rings is 4. The molecule has 0 aliphatic heterocycles. The smallest absolute Gasteiger partial charge is 0.255 e. The first-order valence-corrected chi connectivity index (χ1v) is 10.6. The standard InChI is InChI=1S/C28H24N2O2/c31-27(19-14-21-8-3-1-4-9-21)29-25-12-7-13-26(20-25)30-28(32)24-17-15-23(16-18-24)22-10-5-2-6-11-22/h1-13,15-18,20H,14,19H2,(H,29,31)(H,30,32). The molecular formula is C28H24N2O2. The third-order valence-corrected chi connectivity index (χ3v) is 5.14. The second-order valence-electron chi connectivity index (χ2n) is 7.51. The average molecular weight is 421 g/mol. The molecule has 0 aliphatic rings. The Morgan fingerprint density at radius 1 is 0.594 bits per heavy atom. The third-order valence-electron chi connectivity index (χ3n) is 5.14. The minimum atomic E-state index is -0.197. The first-order valence-electron chi connectivity index (χ1n) is 10.6. The second-order valence-corrected chi connectivity index (χ2v) is 7.51. The molecule has 0 unspecified atom stereocenters. The zero-order chi connectivity index (χ0) is 22.2. The number of carbonyl (C=O) groups is 2.